The molecule has 7 heteroatoms. The first kappa shape index (κ1) is 16.7. The highest BCUT2D eigenvalue weighted by Gasteiger charge is 2.25. The molecule has 2 heterocycles. The fourth-order valence-electron chi connectivity index (χ4n) is 2.77. The Hall–Kier alpha value is -1.63. The first-order chi connectivity index (χ1) is 10.4. The number of nitrogens with one attached hydrogen (secondary N) is 1. The van der Waals surface area contributed by atoms with E-state index in [1.54, 1.807) is 11.1 Å². The molecule has 0 aromatic carbocycles. The number of sulfone groups is 1. The zero-order chi connectivity index (χ0) is 16.0. The Labute approximate surface area is 131 Å². The van der Waals surface area contributed by atoms with E-state index >= 15 is 0 Å². The lowest BCUT2D eigenvalue weighted by Gasteiger charge is -2.32. The zero-order valence-electron chi connectivity index (χ0n) is 12.9. The number of hydrogen-bond donors (Lipinski definition) is 1. The lowest BCUT2D eigenvalue weighted by Crippen LogP contribution is -2.47. The highest BCUT2D eigenvalue weighted by atomic mass is 32.2. The van der Waals surface area contributed by atoms with Gasteiger partial charge < -0.3 is 10.2 Å². The SMILES string of the molecule is CS(=O)(=O)C[C@H]1CCCN(C(=O)NCCc2ccccn2)C1. The number of carbonyl (C=O) groups is 1. The van der Waals surface area contributed by atoms with Crippen LogP contribution in [0.15, 0.2) is 24.4 Å². The molecule has 1 N–H and O–H groups in total. The van der Waals surface area contributed by atoms with Gasteiger partial charge in [-0.05, 0) is 30.9 Å². The average molecular weight is 325 g/mol. The average Bonchev–Trinajstić information content (AvgIpc) is 2.47. The van der Waals surface area contributed by atoms with E-state index in [0.29, 0.717) is 26.1 Å². The van der Waals surface area contributed by atoms with Gasteiger partial charge in [0.05, 0.1) is 5.75 Å². The Morgan fingerprint density at radius 1 is 1.45 bits per heavy atom. The maximum atomic E-state index is 12.1. The number of piperidine rings is 1. The highest BCUT2D eigenvalue weighted by molar-refractivity contribution is 7.90. The van der Waals surface area contributed by atoms with Crippen molar-refractivity contribution in [2.24, 2.45) is 5.92 Å². The van der Waals surface area contributed by atoms with Crippen LogP contribution in [0, 0.1) is 5.92 Å². The third-order valence-corrected chi connectivity index (χ3v) is 4.81. The molecule has 0 saturated carbocycles. The molecule has 0 spiro atoms. The van der Waals surface area contributed by atoms with Crippen LogP contribution >= 0.6 is 0 Å². The van der Waals surface area contributed by atoms with Crippen LogP contribution in [0.3, 0.4) is 0 Å². The molecule has 6 nitrogen and oxygen atoms in total. The first-order valence-corrected chi connectivity index (χ1v) is 9.60. The van der Waals surface area contributed by atoms with Crippen LogP contribution in [0.4, 0.5) is 4.79 Å². The Bertz CT molecular complexity index is 589. The number of amides is 2. The lowest BCUT2D eigenvalue weighted by molar-refractivity contribution is 0.170. The summed E-state index contributed by atoms with van der Waals surface area (Å²) in [6.45, 7) is 1.74. The van der Waals surface area contributed by atoms with Gasteiger partial charge in [-0.3, -0.25) is 4.98 Å². The van der Waals surface area contributed by atoms with Gasteiger partial charge in [0.15, 0.2) is 0 Å². The van der Waals surface area contributed by atoms with Crippen molar-refractivity contribution in [1.82, 2.24) is 15.2 Å². The van der Waals surface area contributed by atoms with E-state index in [4.69, 9.17) is 0 Å². The smallest absolute Gasteiger partial charge is 0.317 e. The van der Waals surface area contributed by atoms with E-state index in [0.717, 1.165) is 18.5 Å². The van der Waals surface area contributed by atoms with Crippen LogP contribution in [0.2, 0.25) is 0 Å². The zero-order valence-corrected chi connectivity index (χ0v) is 13.7. The lowest BCUT2D eigenvalue weighted by atomic mass is 10.0. The molecule has 1 aliphatic rings. The molecule has 1 aromatic heterocycles. The number of likely N-dealkylation sites (tertiary alicyclic amines) is 1. The monoisotopic (exact) mass is 325 g/mol. The van der Waals surface area contributed by atoms with Crippen LogP contribution in [-0.4, -0.2) is 56.0 Å². The van der Waals surface area contributed by atoms with Crippen molar-refractivity contribution >= 4 is 15.9 Å². The van der Waals surface area contributed by atoms with E-state index in [9.17, 15) is 13.2 Å². The minimum atomic E-state index is -2.99. The summed E-state index contributed by atoms with van der Waals surface area (Å²) in [6, 6.07) is 5.59. The van der Waals surface area contributed by atoms with E-state index in [1.165, 1.54) is 6.26 Å². The van der Waals surface area contributed by atoms with Gasteiger partial charge in [0.1, 0.15) is 9.84 Å². The normalized spacial score (nSPS) is 19.0. The van der Waals surface area contributed by atoms with Crippen LogP contribution in [0.25, 0.3) is 0 Å². The second-order valence-electron chi connectivity index (χ2n) is 5.85. The Kier molecular flexibility index (Phi) is 5.76. The number of carbonyl (C=O) groups excluding carboxylic acids is 1. The van der Waals surface area contributed by atoms with Gasteiger partial charge in [-0.15, -0.1) is 0 Å². The van der Waals surface area contributed by atoms with Crippen LogP contribution in [-0.2, 0) is 16.3 Å². The topological polar surface area (TPSA) is 79.4 Å². The van der Waals surface area contributed by atoms with Gasteiger partial charge in [0.25, 0.3) is 0 Å². The summed E-state index contributed by atoms with van der Waals surface area (Å²) in [5, 5.41) is 2.88. The van der Waals surface area contributed by atoms with Crippen molar-refractivity contribution in [2.75, 3.05) is 31.6 Å². The van der Waals surface area contributed by atoms with Gasteiger partial charge in [-0.2, -0.15) is 0 Å². The van der Waals surface area contributed by atoms with Crippen LogP contribution < -0.4 is 5.32 Å². The molecule has 0 bridgehead atoms. The van der Waals surface area contributed by atoms with Crippen molar-refractivity contribution in [1.29, 1.82) is 0 Å². The van der Waals surface area contributed by atoms with Crippen molar-refractivity contribution in [2.45, 2.75) is 19.3 Å². The molecule has 1 aliphatic heterocycles. The van der Waals surface area contributed by atoms with Gasteiger partial charge >= 0.3 is 6.03 Å². The number of aromatic nitrogens is 1. The van der Waals surface area contributed by atoms with E-state index < -0.39 is 9.84 Å². The highest BCUT2D eigenvalue weighted by Crippen LogP contribution is 2.18. The van der Waals surface area contributed by atoms with Gasteiger partial charge in [0.2, 0.25) is 0 Å². The summed E-state index contributed by atoms with van der Waals surface area (Å²) in [5.41, 5.74) is 0.941. The standard InChI is InChI=1S/C15H23N3O3S/c1-22(20,21)12-13-5-4-10-18(11-13)15(19)17-9-7-14-6-2-3-8-16-14/h2-3,6,8,13H,4-5,7,9-12H2,1H3,(H,17,19)/t13-/m0/s1. The van der Waals surface area contributed by atoms with Gasteiger partial charge in [-0.1, -0.05) is 6.07 Å². The summed E-state index contributed by atoms with van der Waals surface area (Å²) >= 11 is 0. The molecule has 1 atom stereocenters. The minimum absolute atomic E-state index is 0.0466. The second kappa shape index (κ2) is 7.58. The summed E-state index contributed by atoms with van der Waals surface area (Å²) in [6.07, 6.45) is 5.39. The predicted octanol–water partition coefficient (Wildman–Crippen LogP) is 1.09. The van der Waals surface area contributed by atoms with Gasteiger partial charge in [-0.25, -0.2) is 13.2 Å². The molecule has 0 aliphatic carbocycles. The Morgan fingerprint density at radius 2 is 2.27 bits per heavy atom. The van der Waals surface area contributed by atoms with E-state index in [2.05, 4.69) is 10.3 Å². The third kappa shape index (κ3) is 5.63. The maximum Gasteiger partial charge on any atom is 0.317 e. The maximum absolute atomic E-state index is 12.1. The molecule has 2 amide bonds. The van der Waals surface area contributed by atoms with E-state index in [-0.39, 0.29) is 17.7 Å². The summed E-state index contributed by atoms with van der Waals surface area (Å²) < 4.78 is 22.8. The molecular weight excluding hydrogens is 302 g/mol. The van der Waals surface area contributed by atoms with Crippen molar-refractivity contribution in [3.05, 3.63) is 30.1 Å². The number of hydrogen-bond acceptors (Lipinski definition) is 4. The molecule has 2 rings (SSSR count). The molecule has 0 radical (unpaired) electrons. The van der Waals surface area contributed by atoms with Crippen molar-refractivity contribution < 1.29 is 13.2 Å². The summed E-state index contributed by atoms with van der Waals surface area (Å²) in [7, 11) is -2.99. The largest absolute Gasteiger partial charge is 0.338 e. The number of rotatable bonds is 5. The number of nitrogens with zero attached hydrogens (tertiary/aromatic N) is 2. The Balaban J connectivity index is 1.77. The van der Waals surface area contributed by atoms with Crippen molar-refractivity contribution in [3.63, 3.8) is 0 Å². The molecule has 22 heavy (non-hydrogen) atoms. The number of urea groups is 1. The molecule has 1 saturated heterocycles. The fourth-order valence-corrected chi connectivity index (χ4v) is 3.90. The van der Waals surface area contributed by atoms with Gasteiger partial charge in [0, 0.05) is 44.2 Å². The van der Waals surface area contributed by atoms with Crippen molar-refractivity contribution in [3.8, 4) is 0 Å². The van der Waals surface area contributed by atoms with Crippen LogP contribution in [0.1, 0.15) is 18.5 Å². The fraction of sp³-hybridized carbons (Fsp3) is 0.600. The molecular formula is C15H23N3O3S. The predicted molar refractivity (Wildman–Crippen MR) is 85.3 cm³/mol. The quantitative estimate of drug-likeness (QED) is 0.879. The molecule has 0 unspecified atom stereocenters. The third-order valence-electron chi connectivity index (χ3n) is 3.73. The minimum Gasteiger partial charge on any atom is -0.338 e. The molecule has 1 fully saturated rings. The molecule has 1 aromatic rings. The Morgan fingerprint density at radius 3 is 2.95 bits per heavy atom. The summed E-state index contributed by atoms with van der Waals surface area (Å²) in [5.74, 6) is 0.204. The number of pyridine rings is 1. The van der Waals surface area contributed by atoms with E-state index in [1.807, 2.05) is 18.2 Å². The first-order valence-electron chi connectivity index (χ1n) is 7.54. The molecule has 122 valence electrons. The summed E-state index contributed by atoms with van der Waals surface area (Å²) in [4.78, 5) is 18.1. The van der Waals surface area contributed by atoms with Crippen LogP contribution in [0.5, 0.6) is 0 Å². The second-order valence-corrected chi connectivity index (χ2v) is 8.03.